The lowest BCUT2D eigenvalue weighted by atomic mass is 10.2. The molecule has 0 saturated carbocycles. The summed E-state index contributed by atoms with van der Waals surface area (Å²) in [5.74, 6) is 1.56. The summed E-state index contributed by atoms with van der Waals surface area (Å²) in [6.07, 6.45) is 6.68. The van der Waals surface area contributed by atoms with E-state index >= 15 is 0 Å². The lowest BCUT2D eigenvalue weighted by molar-refractivity contribution is 0.0697. The molecule has 0 unspecified atom stereocenters. The van der Waals surface area contributed by atoms with Gasteiger partial charge in [-0.25, -0.2) is 4.79 Å². The molecule has 0 aromatic heterocycles. The molecule has 1 aromatic carbocycles. The lowest BCUT2D eigenvalue weighted by Gasteiger charge is -2.07. The van der Waals surface area contributed by atoms with Gasteiger partial charge in [0.15, 0.2) is 0 Å². The topological polar surface area (TPSA) is 49.3 Å². The van der Waals surface area contributed by atoms with Crippen molar-refractivity contribution >= 4 is 23.3 Å². The van der Waals surface area contributed by atoms with E-state index in [1.807, 2.05) is 0 Å². The van der Waals surface area contributed by atoms with Crippen LogP contribution in [0.3, 0.4) is 0 Å². The van der Waals surface area contributed by atoms with E-state index in [0.717, 1.165) is 18.7 Å². The highest BCUT2D eigenvalue weighted by Crippen LogP contribution is 2.23. The van der Waals surface area contributed by atoms with Crippen LogP contribution in [-0.2, 0) is 0 Å². The van der Waals surface area contributed by atoms with Crippen LogP contribution in [0.15, 0.2) is 18.2 Å². The van der Waals surface area contributed by atoms with Crippen molar-refractivity contribution in [1.29, 1.82) is 0 Å². The van der Waals surface area contributed by atoms with Crippen molar-refractivity contribution in [2.75, 3.05) is 11.9 Å². The molecule has 4 heteroatoms. The minimum absolute atomic E-state index is 0.180. The van der Waals surface area contributed by atoms with Crippen molar-refractivity contribution in [3.8, 4) is 12.3 Å². The highest BCUT2D eigenvalue weighted by molar-refractivity contribution is 6.33. The van der Waals surface area contributed by atoms with Gasteiger partial charge in [0.1, 0.15) is 0 Å². The molecule has 0 bridgehead atoms. The molecular formula is C12H12ClNO2. The molecule has 0 fully saturated rings. The average Bonchev–Trinajstić information content (AvgIpc) is 2.26. The van der Waals surface area contributed by atoms with Crippen LogP contribution in [0.2, 0.25) is 5.02 Å². The van der Waals surface area contributed by atoms with Crippen LogP contribution in [0.1, 0.15) is 23.2 Å². The number of halogens is 1. The van der Waals surface area contributed by atoms with Crippen molar-refractivity contribution in [1.82, 2.24) is 0 Å². The molecule has 16 heavy (non-hydrogen) atoms. The number of hydrogen-bond acceptors (Lipinski definition) is 2. The molecule has 0 saturated heterocycles. The quantitative estimate of drug-likeness (QED) is 0.612. The van der Waals surface area contributed by atoms with E-state index in [-0.39, 0.29) is 5.56 Å². The average molecular weight is 238 g/mol. The molecule has 0 aliphatic rings. The number of carboxylic acid groups (broad SMARTS) is 1. The van der Waals surface area contributed by atoms with Gasteiger partial charge in [0.25, 0.3) is 0 Å². The third-order valence-corrected chi connectivity index (χ3v) is 2.34. The highest BCUT2D eigenvalue weighted by atomic mass is 35.5. The molecule has 2 N–H and O–H groups in total. The van der Waals surface area contributed by atoms with E-state index in [1.165, 1.54) is 12.1 Å². The maximum atomic E-state index is 10.7. The van der Waals surface area contributed by atoms with Gasteiger partial charge in [0.05, 0.1) is 16.3 Å². The predicted octanol–water partition coefficient (Wildman–Crippen LogP) is 2.86. The summed E-state index contributed by atoms with van der Waals surface area (Å²) < 4.78 is 0. The van der Waals surface area contributed by atoms with E-state index < -0.39 is 5.97 Å². The van der Waals surface area contributed by atoms with Gasteiger partial charge in [0, 0.05) is 13.0 Å². The van der Waals surface area contributed by atoms with Crippen LogP contribution >= 0.6 is 11.6 Å². The van der Waals surface area contributed by atoms with E-state index in [2.05, 4.69) is 11.2 Å². The zero-order chi connectivity index (χ0) is 12.0. The first-order valence-corrected chi connectivity index (χ1v) is 5.23. The first-order valence-electron chi connectivity index (χ1n) is 4.85. The Kier molecular flexibility index (Phi) is 4.68. The zero-order valence-corrected chi connectivity index (χ0v) is 9.42. The minimum atomic E-state index is -0.985. The second kappa shape index (κ2) is 6.04. The first kappa shape index (κ1) is 12.4. The standard InChI is InChI=1S/C12H12ClNO2/c1-2-3-4-7-14-11-6-5-9(12(15)16)8-10(11)13/h1,5-6,8,14H,3-4,7H2,(H,15,16). The normalized spacial score (nSPS) is 9.50. The summed E-state index contributed by atoms with van der Waals surface area (Å²) in [6, 6.07) is 4.59. The molecule has 0 radical (unpaired) electrons. The highest BCUT2D eigenvalue weighted by Gasteiger charge is 2.06. The van der Waals surface area contributed by atoms with Gasteiger partial charge in [-0.3, -0.25) is 0 Å². The van der Waals surface area contributed by atoms with Crippen molar-refractivity contribution in [3.63, 3.8) is 0 Å². The number of hydrogen-bond donors (Lipinski definition) is 2. The Labute approximate surface area is 99.4 Å². The van der Waals surface area contributed by atoms with Crippen LogP contribution < -0.4 is 5.32 Å². The van der Waals surface area contributed by atoms with Crippen LogP contribution in [0, 0.1) is 12.3 Å². The fourth-order valence-corrected chi connectivity index (χ4v) is 1.45. The van der Waals surface area contributed by atoms with Crippen molar-refractivity contribution < 1.29 is 9.90 Å². The molecular weight excluding hydrogens is 226 g/mol. The van der Waals surface area contributed by atoms with Crippen LogP contribution in [0.4, 0.5) is 5.69 Å². The smallest absolute Gasteiger partial charge is 0.335 e. The molecule has 3 nitrogen and oxygen atoms in total. The molecule has 0 aliphatic heterocycles. The minimum Gasteiger partial charge on any atom is -0.478 e. The van der Waals surface area contributed by atoms with Gasteiger partial charge in [-0.05, 0) is 24.6 Å². The van der Waals surface area contributed by atoms with Crippen molar-refractivity contribution in [2.45, 2.75) is 12.8 Å². The molecule has 0 aliphatic carbocycles. The molecule has 1 aromatic rings. The van der Waals surface area contributed by atoms with Crippen LogP contribution in [-0.4, -0.2) is 17.6 Å². The fraction of sp³-hybridized carbons (Fsp3) is 0.250. The molecule has 0 spiro atoms. The maximum absolute atomic E-state index is 10.7. The summed E-state index contributed by atoms with van der Waals surface area (Å²) in [4.78, 5) is 10.7. The number of benzene rings is 1. The predicted molar refractivity (Wildman–Crippen MR) is 65.0 cm³/mol. The van der Waals surface area contributed by atoms with E-state index in [4.69, 9.17) is 23.1 Å². The van der Waals surface area contributed by atoms with Crippen LogP contribution in [0.5, 0.6) is 0 Å². The number of terminal acetylenes is 1. The van der Waals surface area contributed by atoms with Crippen molar-refractivity contribution in [3.05, 3.63) is 28.8 Å². The van der Waals surface area contributed by atoms with E-state index in [0.29, 0.717) is 11.4 Å². The molecule has 0 atom stereocenters. The zero-order valence-electron chi connectivity index (χ0n) is 8.66. The van der Waals surface area contributed by atoms with Gasteiger partial charge in [-0.1, -0.05) is 11.6 Å². The summed E-state index contributed by atoms with van der Waals surface area (Å²) in [7, 11) is 0. The summed E-state index contributed by atoms with van der Waals surface area (Å²) in [5, 5.41) is 12.2. The summed E-state index contributed by atoms with van der Waals surface area (Å²) in [5.41, 5.74) is 0.905. The number of carboxylic acids is 1. The van der Waals surface area contributed by atoms with Crippen molar-refractivity contribution in [2.24, 2.45) is 0 Å². The number of carbonyl (C=O) groups is 1. The number of aromatic carboxylic acids is 1. The molecule has 0 heterocycles. The van der Waals surface area contributed by atoms with Gasteiger partial charge in [-0.2, -0.15) is 0 Å². The Bertz CT molecular complexity index is 424. The number of anilines is 1. The molecule has 84 valence electrons. The monoisotopic (exact) mass is 237 g/mol. The SMILES string of the molecule is C#CCCCNc1ccc(C(=O)O)cc1Cl. The Morgan fingerprint density at radius 3 is 2.88 bits per heavy atom. The van der Waals surface area contributed by atoms with Gasteiger partial charge < -0.3 is 10.4 Å². The summed E-state index contributed by atoms with van der Waals surface area (Å²) in [6.45, 7) is 0.719. The second-order valence-corrected chi connectivity index (χ2v) is 3.64. The van der Waals surface area contributed by atoms with Crippen LogP contribution in [0.25, 0.3) is 0 Å². The third kappa shape index (κ3) is 3.48. The van der Waals surface area contributed by atoms with Gasteiger partial charge >= 0.3 is 5.97 Å². The first-order chi connectivity index (χ1) is 7.65. The molecule has 0 amide bonds. The largest absolute Gasteiger partial charge is 0.478 e. The Hall–Kier alpha value is -1.66. The lowest BCUT2D eigenvalue weighted by Crippen LogP contribution is -2.03. The number of nitrogens with one attached hydrogen (secondary N) is 1. The number of rotatable bonds is 5. The Morgan fingerprint density at radius 1 is 1.56 bits per heavy atom. The Balaban J connectivity index is 2.62. The fourth-order valence-electron chi connectivity index (χ4n) is 1.21. The third-order valence-electron chi connectivity index (χ3n) is 2.03. The maximum Gasteiger partial charge on any atom is 0.335 e. The Morgan fingerprint density at radius 2 is 2.31 bits per heavy atom. The van der Waals surface area contributed by atoms with Gasteiger partial charge in [0.2, 0.25) is 0 Å². The molecule has 1 rings (SSSR count). The van der Waals surface area contributed by atoms with E-state index in [9.17, 15) is 4.79 Å². The van der Waals surface area contributed by atoms with E-state index in [1.54, 1.807) is 6.07 Å². The summed E-state index contributed by atoms with van der Waals surface area (Å²) >= 11 is 5.92. The number of unbranched alkanes of at least 4 members (excludes halogenated alkanes) is 1. The second-order valence-electron chi connectivity index (χ2n) is 3.23. The van der Waals surface area contributed by atoms with Gasteiger partial charge in [-0.15, -0.1) is 12.3 Å².